The lowest BCUT2D eigenvalue weighted by Crippen LogP contribution is -2.39. The number of amides is 2. The summed E-state index contributed by atoms with van der Waals surface area (Å²) in [7, 11) is 1.86. The van der Waals surface area contributed by atoms with Gasteiger partial charge >= 0.3 is 6.09 Å². The van der Waals surface area contributed by atoms with Gasteiger partial charge in [-0.3, -0.25) is 14.5 Å². The minimum atomic E-state index is -0.537. The van der Waals surface area contributed by atoms with Crippen LogP contribution in [0.1, 0.15) is 37.5 Å². The van der Waals surface area contributed by atoms with E-state index in [4.69, 9.17) is 4.74 Å². The zero-order chi connectivity index (χ0) is 24.3. The fourth-order valence-electron chi connectivity index (χ4n) is 3.83. The number of aryl methyl sites for hydroxylation is 1. The summed E-state index contributed by atoms with van der Waals surface area (Å²) in [5, 5.41) is 7.12. The highest BCUT2D eigenvalue weighted by molar-refractivity contribution is 6.02. The molecule has 1 N–H and O–H groups in total. The summed E-state index contributed by atoms with van der Waals surface area (Å²) in [6.07, 6.45) is 10.8. The molecule has 176 valence electrons. The number of anilines is 1. The first kappa shape index (κ1) is 23.2. The second kappa shape index (κ2) is 9.51. The van der Waals surface area contributed by atoms with Crippen LogP contribution < -0.4 is 5.32 Å². The van der Waals surface area contributed by atoms with Crippen molar-refractivity contribution in [3.05, 3.63) is 71.8 Å². The van der Waals surface area contributed by atoms with Crippen LogP contribution in [0.5, 0.6) is 0 Å². The molecule has 3 heterocycles. The summed E-state index contributed by atoms with van der Waals surface area (Å²) in [5.74, 6) is -0.249. The molecule has 2 aromatic heterocycles. The van der Waals surface area contributed by atoms with Gasteiger partial charge in [-0.05, 0) is 68.2 Å². The fourth-order valence-corrected chi connectivity index (χ4v) is 3.83. The summed E-state index contributed by atoms with van der Waals surface area (Å²) in [5.41, 5.74) is 5.04. The van der Waals surface area contributed by atoms with Crippen LogP contribution in [0, 0.1) is 0 Å². The van der Waals surface area contributed by atoms with Crippen LogP contribution in [-0.2, 0) is 29.5 Å². The van der Waals surface area contributed by atoms with Crippen LogP contribution in [0.4, 0.5) is 10.5 Å². The Labute approximate surface area is 199 Å². The van der Waals surface area contributed by atoms with Gasteiger partial charge in [0, 0.05) is 61.6 Å². The van der Waals surface area contributed by atoms with Gasteiger partial charge in [0.15, 0.2) is 0 Å². The predicted octanol–water partition coefficient (Wildman–Crippen LogP) is 4.43. The van der Waals surface area contributed by atoms with E-state index >= 15 is 0 Å². The van der Waals surface area contributed by atoms with Gasteiger partial charge in [0.1, 0.15) is 5.60 Å². The highest BCUT2D eigenvalue weighted by atomic mass is 16.6. The Hall–Kier alpha value is -3.94. The van der Waals surface area contributed by atoms with Gasteiger partial charge in [-0.2, -0.15) is 5.10 Å². The lowest BCUT2D eigenvalue weighted by Gasteiger charge is -2.31. The van der Waals surface area contributed by atoms with Crippen molar-refractivity contribution in [3.63, 3.8) is 0 Å². The first-order chi connectivity index (χ1) is 16.2. The number of ether oxygens (including phenoxy) is 1. The summed E-state index contributed by atoms with van der Waals surface area (Å²) in [6.45, 7) is 6.63. The standard InChI is InChI=1S/C26H29N5O3/c1-26(2,3)34-25(33)31-12-10-18-5-7-22(13-20(18)17-31)29-24(32)8-6-19-14-27-11-9-23(19)21-15-28-30(4)16-21/h5-9,11,13-16H,10,12,17H2,1-4H3,(H,29,32). The van der Waals surface area contributed by atoms with E-state index in [2.05, 4.69) is 15.4 Å². The van der Waals surface area contributed by atoms with Gasteiger partial charge in [0.2, 0.25) is 5.91 Å². The van der Waals surface area contributed by atoms with Crippen LogP contribution in [0.15, 0.2) is 55.1 Å². The average Bonchev–Trinajstić information content (AvgIpc) is 3.22. The number of aromatic nitrogens is 3. The van der Waals surface area contributed by atoms with E-state index in [1.807, 2.05) is 58.3 Å². The summed E-state index contributed by atoms with van der Waals surface area (Å²) >= 11 is 0. The minimum absolute atomic E-state index is 0.249. The van der Waals surface area contributed by atoms with Crippen LogP contribution in [0.3, 0.4) is 0 Å². The number of benzene rings is 1. The molecule has 8 nitrogen and oxygen atoms in total. The first-order valence-corrected chi connectivity index (χ1v) is 11.2. The van der Waals surface area contributed by atoms with E-state index in [0.29, 0.717) is 18.8 Å². The molecular weight excluding hydrogens is 430 g/mol. The quantitative estimate of drug-likeness (QED) is 0.583. The Morgan fingerprint density at radius 1 is 1.15 bits per heavy atom. The molecule has 0 fully saturated rings. The van der Waals surface area contributed by atoms with Crippen molar-refractivity contribution < 1.29 is 14.3 Å². The molecule has 0 spiro atoms. The monoisotopic (exact) mass is 459 g/mol. The Kier molecular flexibility index (Phi) is 6.49. The second-order valence-corrected chi connectivity index (χ2v) is 9.32. The molecule has 2 amide bonds. The summed E-state index contributed by atoms with van der Waals surface area (Å²) < 4.78 is 7.23. The van der Waals surface area contributed by atoms with Crippen molar-refractivity contribution in [2.24, 2.45) is 7.05 Å². The van der Waals surface area contributed by atoms with Gasteiger partial charge < -0.3 is 15.0 Å². The molecule has 0 bridgehead atoms. The number of hydrogen-bond donors (Lipinski definition) is 1. The number of pyridine rings is 1. The average molecular weight is 460 g/mol. The van der Waals surface area contributed by atoms with Crippen LogP contribution >= 0.6 is 0 Å². The molecule has 3 aromatic rings. The van der Waals surface area contributed by atoms with Crippen molar-refractivity contribution in [2.45, 2.75) is 39.3 Å². The van der Waals surface area contributed by atoms with Crippen LogP contribution in [0.25, 0.3) is 17.2 Å². The third-order valence-corrected chi connectivity index (χ3v) is 5.42. The molecule has 0 unspecified atom stereocenters. The topological polar surface area (TPSA) is 89.4 Å². The fraction of sp³-hybridized carbons (Fsp3) is 0.308. The minimum Gasteiger partial charge on any atom is -0.444 e. The molecule has 4 rings (SSSR count). The number of hydrogen-bond acceptors (Lipinski definition) is 5. The smallest absolute Gasteiger partial charge is 0.410 e. The Balaban J connectivity index is 1.44. The molecule has 0 atom stereocenters. The number of carbonyl (C=O) groups is 2. The van der Waals surface area contributed by atoms with Crippen molar-refractivity contribution in [1.82, 2.24) is 19.7 Å². The summed E-state index contributed by atoms with van der Waals surface area (Å²) in [4.78, 5) is 30.9. The Morgan fingerprint density at radius 3 is 2.71 bits per heavy atom. The lowest BCUT2D eigenvalue weighted by atomic mass is 9.99. The molecule has 1 aliphatic heterocycles. The second-order valence-electron chi connectivity index (χ2n) is 9.32. The molecule has 1 aromatic carbocycles. The van der Waals surface area contributed by atoms with Crippen LogP contribution in [-0.4, -0.2) is 43.8 Å². The number of fused-ring (bicyclic) bond motifs is 1. The molecule has 0 aliphatic carbocycles. The molecule has 1 aliphatic rings. The molecule has 8 heteroatoms. The van der Waals surface area contributed by atoms with Crippen molar-refractivity contribution in [2.75, 3.05) is 11.9 Å². The number of nitrogens with one attached hydrogen (secondary N) is 1. The van der Waals surface area contributed by atoms with E-state index in [0.717, 1.165) is 28.7 Å². The largest absolute Gasteiger partial charge is 0.444 e. The highest BCUT2D eigenvalue weighted by Gasteiger charge is 2.25. The summed E-state index contributed by atoms with van der Waals surface area (Å²) in [6, 6.07) is 7.71. The predicted molar refractivity (Wildman–Crippen MR) is 131 cm³/mol. The molecule has 0 saturated carbocycles. The first-order valence-electron chi connectivity index (χ1n) is 11.2. The zero-order valence-corrected chi connectivity index (χ0v) is 19.9. The van der Waals surface area contributed by atoms with Gasteiger partial charge in [-0.15, -0.1) is 0 Å². The maximum Gasteiger partial charge on any atom is 0.410 e. The maximum atomic E-state index is 12.6. The molecule has 0 radical (unpaired) electrons. The van der Waals surface area contributed by atoms with E-state index in [-0.39, 0.29) is 12.0 Å². The number of carbonyl (C=O) groups excluding carboxylic acids is 2. The Morgan fingerprint density at radius 2 is 1.97 bits per heavy atom. The number of rotatable bonds is 4. The lowest BCUT2D eigenvalue weighted by molar-refractivity contribution is -0.111. The highest BCUT2D eigenvalue weighted by Crippen LogP contribution is 2.25. The SMILES string of the molecule is Cn1cc(-c2ccncc2C=CC(=O)Nc2ccc3c(c2)CN(C(=O)OC(C)(C)C)CC3)cn1. The van der Waals surface area contributed by atoms with Crippen molar-refractivity contribution >= 4 is 23.8 Å². The molecular formula is C26H29N5O3. The Bertz CT molecular complexity index is 1240. The van der Waals surface area contributed by atoms with Gasteiger partial charge in [0.25, 0.3) is 0 Å². The molecule has 0 saturated heterocycles. The van der Waals surface area contributed by atoms with E-state index in [1.54, 1.807) is 34.2 Å². The zero-order valence-electron chi connectivity index (χ0n) is 19.9. The van der Waals surface area contributed by atoms with Gasteiger partial charge in [0.05, 0.1) is 6.20 Å². The van der Waals surface area contributed by atoms with Gasteiger partial charge in [-0.1, -0.05) is 6.07 Å². The van der Waals surface area contributed by atoms with Crippen LogP contribution in [0.2, 0.25) is 0 Å². The van der Waals surface area contributed by atoms with Crippen molar-refractivity contribution in [1.29, 1.82) is 0 Å². The van der Waals surface area contributed by atoms with E-state index in [9.17, 15) is 9.59 Å². The normalized spacial score (nSPS) is 13.6. The third kappa shape index (κ3) is 5.70. The van der Waals surface area contributed by atoms with E-state index < -0.39 is 5.60 Å². The maximum absolute atomic E-state index is 12.6. The van der Waals surface area contributed by atoms with Crippen molar-refractivity contribution in [3.8, 4) is 11.1 Å². The van der Waals surface area contributed by atoms with Gasteiger partial charge in [-0.25, -0.2) is 4.79 Å². The van der Waals surface area contributed by atoms with E-state index in [1.165, 1.54) is 11.6 Å². The number of nitrogens with zero attached hydrogens (tertiary/aromatic N) is 4. The third-order valence-electron chi connectivity index (χ3n) is 5.42. The molecule has 34 heavy (non-hydrogen) atoms.